The zero-order valence-electron chi connectivity index (χ0n) is 6.48. The van der Waals surface area contributed by atoms with Crippen molar-refractivity contribution in [1.82, 2.24) is 0 Å². The number of hydrogen-bond acceptors (Lipinski definition) is 1. The molecule has 0 aromatic carbocycles. The van der Waals surface area contributed by atoms with E-state index in [1.807, 2.05) is 0 Å². The Balaban J connectivity index is 4.58. The SMILES string of the molecule is C=C/C=C(\C(=C)C)C(C)=O. The Labute approximate surface area is 61.8 Å². The zero-order chi connectivity index (χ0) is 8.15. The minimum atomic E-state index is 0.0346. The van der Waals surface area contributed by atoms with E-state index in [0.717, 1.165) is 5.57 Å². The molecule has 0 unspecified atom stereocenters. The van der Waals surface area contributed by atoms with E-state index in [2.05, 4.69) is 13.2 Å². The van der Waals surface area contributed by atoms with Crippen LogP contribution in [0.15, 0.2) is 36.5 Å². The summed E-state index contributed by atoms with van der Waals surface area (Å²) < 4.78 is 0. The van der Waals surface area contributed by atoms with Gasteiger partial charge in [-0.15, -0.1) is 0 Å². The summed E-state index contributed by atoms with van der Waals surface area (Å²) in [6.07, 6.45) is 3.26. The molecular weight excluding hydrogens is 124 g/mol. The highest BCUT2D eigenvalue weighted by Gasteiger charge is 2.00. The van der Waals surface area contributed by atoms with E-state index in [1.54, 1.807) is 19.1 Å². The van der Waals surface area contributed by atoms with E-state index < -0.39 is 0 Å². The van der Waals surface area contributed by atoms with Crippen molar-refractivity contribution in [1.29, 1.82) is 0 Å². The predicted molar refractivity (Wildman–Crippen MR) is 43.8 cm³/mol. The summed E-state index contributed by atoms with van der Waals surface area (Å²) in [5.41, 5.74) is 1.43. The third-order valence-corrected chi connectivity index (χ3v) is 1.12. The number of allylic oxidation sites excluding steroid dienone is 4. The molecule has 10 heavy (non-hydrogen) atoms. The summed E-state index contributed by atoms with van der Waals surface area (Å²) in [6.45, 7) is 10.5. The summed E-state index contributed by atoms with van der Waals surface area (Å²) in [4.78, 5) is 10.8. The van der Waals surface area contributed by atoms with Crippen LogP contribution in [-0.2, 0) is 4.79 Å². The van der Waals surface area contributed by atoms with E-state index in [0.29, 0.717) is 5.57 Å². The van der Waals surface area contributed by atoms with Crippen molar-refractivity contribution >= 4 is 5.78 Å². The first-order valence-corrected chi connectivity index (χ1v) is 3.09. The van der Waals surface area contributed by atoms with Crippen LogP contribution in [-0.4, -0.2) is 5.78 Å². The second kappa shape index (κ2) is 3.83. The lowest BCUT2D eigenvalue weighted by atomic mass is 10.1. The molecule has 0 atom stereocenters. The number of ketones is 1. The van der Waals surface area contributed by atoms with Crippen molar-refractivity contribution in [3.05, 3.63) is 36.5 Å². The van der Waals surface area contributed by atoms with Crippen molar-refractivity contribution in [2.45, 2.75) is 13.8 Å². The van der Waals surface area contributed by atoms with Crippen LogP contribution in [0.3, 0.4) is 0 Å². The molecule has 0 radical (unpaired) electrons. The molecule has 1 nitrogen and oxygen atoms in total. The lowest BCUT2D eigenvalue weighted by molar-refractivity contribution is -0.113. The van der Waals surface area contributed by atoms with E-state index in [-0.39, 0.29) is 5.78 Å². The first-order valence-electron chi connectivity index (χ1n) is 3.09. The topological polar surface area (TPSA) is 17.1 Å². The number of carbonyl (C=O) groups excluding carboxylic acids is 1. The normalized spacial score (nSPS) is 10.8. The van der Waals surface area contributed by atoms with Gasteiger partial charge in [-0.25, -0.2) is 0 Å². The van der Waals surface area contributed by atoms with Crippen LogP contribution < -0.4 is 0 Å². The number of Topliss-reactive ketones (excluding diaryl/α,β-unsaturated/α-hetero) is 1. The van der Waals surface area contributed by atoms with Crippen molar-refractivity contribution in [3.63, 3.8) is 0 Å². The Morgan fingerprint density at radius 1 is 1.40 bits per heavy atom. The van der Waals surface area contributed by atoms with Crippen LogP contribution in [0, 0.1) is 0 Å². The molecule has 0 N–H and O–H groups in total. The largest absolute Gasteiger partial charge is 0.295 e. The molecule has 0 aliphatic carbocycles. The number of rotatable bonds is 3. The van der Waals surface area contributed by atoms with E-state index in [1.165, 1.54) is 6.92 Å². The maximum absolute atomic E-state index is 10.8. The molecule has 0 aliphatic rings. The Morgan fingerprint density at radius 3 is 2.00 bits per heavy atom. The monoisotopic (exact) mass is 136 g/mol. The van der Waals surface area contributed by atoms with E-state index >= 15 is 0 Å². The average molecular weight is 136 g/mol. The summed E-state index contributed by atoms with van der Waals surface area (Å²) in [5.74, 6) is 0.0346. The molecule has 1 heteroatoms. The van der Waals surface area contributed by atoms with Gasteiger partial charge in [-0.3, -0.25) is 4.79 Å². The van der Waals surface area contributed by atoms with Crippen molar-refractivity contribution in [3.8, 4) is 0 Å². The van der Waals surface area contributed by atoms with Gasteiger partial charge in [0.15, 0.2) is 5.78 Å². The van der Waals surface area contributed by atoms with Gasteiger partial charge < -0.3 is 0 Å². The standard InChI is InChI=1S/C9H12O/c1-5-6-9(7(2)3)8(4)10/h5-6H,1-2H2,3-4H3/b9-6+. The van der Waals surface area contributed by atoms with Gasteiger partial charge >= 0.3 is 0 Å². The number of hydrogen-bond donors (Lipinski definition) is 0. The summed E-state index contributed by atoms with van der Waals surface area (Å²) in [6, 6.07) is 0. The average Bonchev–Trinajstić information content (AvgIpc) is 1.81. The van der Waals surface area contributed by atoms with Gasteiger partial charge in [-0.1, -0.05) is 25.3 Å². The van der Waals surface area contributed by atoms with Gasteiger partial charge in [0.2, 0.25) is 0 Å². The smallest absolute Gasteiger partial charge is 0.160 e. The molecule has 0 heterocycles. The quantitative estimate of drug-likeness (QED) is 0.429. The van der Waals surface area contributed by atoms with Crippen molar-refractivity contribution in [2.75, 3.05) is 0 Å². The van der Waals surface area contributed by atoms with Gasteiger partial charge in [0.1, 0.15) is 0 Å². The van der Waals surface area contributed by atoms with Crippen molar-refractivity contribution in [2.24, 2.45) is 0 Å². The van der Waals surface area contributed by atoms with E-state index in [9.17, 15) is 4.79 Å². The molecule has 0 aliphatic heterocycles. The molecule has 0 aromatic rings. The fourth-order valence-electron chi connectivity index (χ4n) is 0.678. The summed E-state index contributed by atoms with van der Waals surface area (Å²) in [5, 5.41) is 0. The predicted octanol–water partition coefficient (Wildman–Crippen LogP) is 2.26. The summed E-state index contributed by atoms with van der Waals surface area (Å²) >= 11 is 0. The highest BCUT2D eigenvalue weighted by Crippen LogP contribution is 2.07. The fraction of sp³-hybridized carbons (Fsp3) is 0.222. The second-order valence-corrected chi connectivity index (χ2v) is 2.15. The Morgan fingerprint density at radius 2 is 1.90 bits per heavy atom. The first-order chi connectivity index (χ1) is 4.59. The Bertz CT molecular complexity index is 181. The fourth-order valence-corrected chi connectivity index (χ4v) is 0.678. The van der Waals surface area contributed by atoms with Crippen LogP contribution in [0.1, 0.15) is 13.8 Å². The third-order valence-electron chi connectivity index (χ3n) is 1.12. The van der Waals surface area contributed by atoms with E-state index in [4.69, 9.17) is 0 Å². The molecule has 0 aromatic heterocycles. The maximum Gasteiger partial charge on any atom is 0.160 e. The van der Waals surface area contributed by atoms with Gasteiger partial charge in [-0.2, -0.15) is 0 Å². The van der Waals surface area contributed by atoms with Crippen LogP contribution in [0.4, 0.5) is 0 Å². The number of carbonyl (C=O) groups is 1. The second-order valence-electron chi connectivity index (χ2n) is 2.15. The van der Waals surface area contributed by atoms with Crippen LogP contribution in [0.25, 0.3) is 0 Å². The van der Waals surface area contributed by atoms with Crippen LogP contribution in [0.2, 0.25) is 0 Å². The highest BCUT2D eigenvalue weighted by atomic mass is 16.1. The molecule has 0 saturated heterocycles. The Hall–Kier alpha value is -1.11. The molecule has 0 amide bonds. The Kier molecular flexibility index (Phi) is 3.40. The molecule has 0 fully saturated rings. The highest BCUT2D eigenvalue weighted by molar-refractivity contribution is 5.97. The lowest BCUT2D eigenvalue weighted by Crippen LogP contribution is -1.96. The van der Waals surface area contributed by atoms with Gasteiger partial charge in [-0.05, 0) is 19.4 Å². The summed E-state index contributed by atoms with van der Waals surface area (Å²) in [7, 11) is 0. The minimum absolute atomic E-state index is 0.0346. The van der Waals surface area contributed by atoms with Gasteiger partial charge in [0.25, 0.3) is 0 Å². The van der Waals surface area contributed by atoms with Crippen molar-refractivity contribution < 1.29 is 4.79 Å². The molecule has 0 saturated carbocycles. The lowest BCUT2D eigenvalue weighted by Gasteiger charge is -1.98. The third kappa shape index (κ3) is 2.44. The zero-order valence-corrected chi connectivity index (χ0v) is 6.48. The van der Waals surface area contributed by atoms with Crippen LogP contribution in [0.5, 0.6) is 0 Å². The molecule has 0 spiro atoms. The van der Waals surface area contributed by atoms with Gasteiger partial charge in [0.05, 0.1) is 0 Å². The van der Waals surface area contributed by atoms with Crippen LogP contribution >= 0.6 is 0 Å². The maximum atomic E-state index is 10.8. The van der Waals surface area contributed by atoms with Gasteiger partial charge in [0, 0.05) is 5.57 Å². The molecule has 0 rings (SSSR count). The molecule has 54 valence electrons. The molecule has 0 bridgehead atoms. The first kappa shape index (κ1) is 8.89. The molecular formula is C9H12O. The minimum Gasteiger partial charge on any atom is -0.295 e.